The molecule has 2 aromatic carbocycles. The summed E-state index contributed by atoms with van der Waals surface area (Å²) < 4.78 is 4.33. The number of benzene rings is 2. The Morgan fingerprint density at radius 2 is 1.68 bits per heavy atom. The molecular weight excluding hydrogens is 499 g/mol. The van der Waals surface area contributed by atoms with Crippen molar-refractivity contribution in [1.82, 2.24) is 24.8 Å². The average Bonchev–Trinajstić information content (AvgIpc) is 3.43. The Bertz CT molecular complexity index is 1080. The van der Waals surface area contributed by atoms with Crippen LogP contribution in [-0.2, 0) is 19.6 Å². The lowest BCUT2D eigenvalue weighted by molar-refractivity contribution is 0.666. The van der Waals surface area contributed by atoms with E-state index in [-0.39, 0.29) is 24.0 Å². The molecule has 0 unspecified atom stereocenters. The van der Waals surface area contributed by atoms with E-state index in [0.29, 0.717) is 6.54 Å². The van der Waals surface area contributed by atoms with Crippen molar-refractivity contribution in [3.8, 4) is 0 Å². The Kier molecular flexibility index (Phi) is 8.52. The van der Waals surface area contributed by atoms with Crippen molar-refractivity contribution in [3.05, 3.63) is 90.5 Å². The van der Waals surface area contributed by atoms with Gasteiger partial charge >= 0.3 is 0 Å². The van der Waals surface area contributed by atoms with Gasteiger partial charge in [0.15, 0.2) is 5.96 Å². The van der Waals surface area contributed by atoms with E-state index in [0.717, 1.165) is 43.2 Å². The number of hydrogen-bond donors (Lipinski definition) is 2. The lowest BCUT2D eigenvalue weighted by Crippen LogP contribution is -2.38. The molecule has 2 aromatic heterocycles. The second-order valence-electron chi connectivity index (χ2n) is 7.22. The lowest BCUT2D eigenvalue weighted by Gasteiger charge is -2.12. The molecule has 2 N–H and O–H groups in total. The molecule has 0 amide bonds. The second-order valence-corrected chi connectivity index (χ2v) is 7.22. The maximum atomic E-state index is 4.72. The van der Waals surface area contributed by atoms with Gasteiger partial charge in [0, 0.05) is 38.6 Å². The van der Waals surface area contributed by atoms with E-state index >= 15 is 0 Å². The fraction of sp³-hybridized carbons (Fsp3) is 0.250. The highest BCUT2D eigenvalue weighted by molar-refractivity contribution is 14.0. The summed E-state index contributed by atoms with van der Waals surface area (Å²) in [5, 5.41) is 6.71. The van der Waals surface area contributed by atoms with E-state index in [4.69, 9.17) is 4.99 Å². The molecule has 0 aliphatic heterocycles. The third-order valence-corrected chi connectivity index (χ3v) is 5.00. The smallest absolute Gasteiger partial charge is 0.191 e. The quantitative estimate of drug-likeness (QED) is 0.204. The zero-order chi connectivity index (χ0) is 20.6. The fourth-order valence-electron chi connectivity index (χ4n) is 3.42. The first kappa shape index (κ1) is 22.9. The zero-order valence-corrected chi connectivity index (χ0v) is 20.1. The number of aliphatic imine (C=N–C) groups is 1. The number of fused-ring (bicyclic) bond motifs is 1. The molecule has 0 radical (unpaired) electrons. The summed E-state index contributed by atoms with van der Waals surface area (Å²) in [4.78, 5) is 9.19. The highest BCUT2D eigenvalue weighted by atomic mass is 127. The number of guanidine groups is 1. The van der Waals surface area contributed by atoms with Crippen LogP contribution in [0, 0.1) is 0 Å². The van der Waals surface area contributed by atoms with Gasteiger partial charge in [-0.15, -0.1) is 24.0 Å². The number of halogens is 1. The fourth-order valence-corrected chi connectivity index (χ4v) is 3.42. The minimum Gasteiger partial charge on any atom is -0.357 e. The molecule has 0 atom stereocenters. The molecule has 31 heavy (non-hydrogen) atoms. The number of para-hydroxylation sites is 2. The Hall–Kier alpha value is -2.81. The molecule has 0 saturated heterocycles. The standard InChI is InChI=1S/C24H28N6.HI/c1-2-25-24(26-13-16-29-14-5-6-15-29)27-17-20-9-11-21(12-10-20)18-30-19-28-22-7-3-4-8-23(22)30;/h3-12,14-15,19H,2,13,16-18H2,1H3,(H2,25,26,27);1H. The van der Waals surface area contributed by atoms with Crippen LogP contribution in [0.15, 0.2) is 84.4 Å². The summed E-state index contributed by atoms with van der Waals surface area (Å²) in [5.74, 6) is 0.846. The normalized spacial score (nSPS) is 11.3. The Morgan fingerprint density at radius 3 is 2.45 bits per heavy atom. The van der Waals surface area contributed by atoms with Crippen LogP contribution in [0.25, 0.3) is 11.0 Å². The van der Waals surface area contributed by atoms with Crippen LogP contribution in [0.4, 0.5) is 0 Å². The van der Waals surface area contributed by atoms with Crippen molar-refractivity contribution in [1.29, 1.82) is 0 Å². The van der Waals surface area contributed by atoms with Crippen LogP contribution in [0.1, 0.15) is 18.1 Å². The predicted octanol–water partition coefficient (Wildman–Crippen LogP) is 4.26. The van der Waals surface area contributed by atoms with Gasteiger partial charge in [-0.1, -0.05) is 36.4 Å². The SMILES string of the molecule is CCNC(=NCc1ccc(Cn2cnc3ccccc32)cc1)NCCn1cccc1.I. The Morgan fingerprint density at radius 1 is 0.935 bits per heavy atom. The van der Waals surface area contributed by atoms with Crippen LogP contribution in [0.2, 0.25) is 0 Å². The molecule has 7 heteroatoms. The molecule has 0 aliphatic rings. The highest BCUT2D eigenvalue weighted by Crippen LogP contribution is 2.14. The molecule has 0 fully saturated rings. The van der Waals surface area contributed by atoms with Gasteiger partial charge in [0.2, 0.25) is 0 Å². The van der Waals surface area contributed by atoms with Gasteiger partial charge < -0.3 is 19.8 Å². The van der Waals surface area contributed by atoms with Crippen molar-refractivity contribution in [3.63, 3.8) is 0 Å². The van der Waals surface area contributed by atoms with Crippen molar-refractivity contribution in [2.24, 2.45) is 4.99 Å². The molecule has 0 spiro atoms. The van der Waals surface area contributed by atoms with Crippen LogP contribution in [0.3, 0.4) is 0 Å². The van der Waals surface area contributed by atoms with Gasteiger partial charge in [0.05, 0.1) is 23.9 Å². The number of imidazole rings is 1. The number of aromatic nitrogens is 3. The molecule has 4 rings (SSSR count). The number of nitrogens with zero attached hydrogens (tertiary/aromatic N) is 4. The summed E-state index contributed by atoms with van der Waals surface area (Å²) in [6.07, 6.45) is 6.05. The van der Waals surface area contributed by atoms with Crippen LogP contribution >= 0.6 is 24.0 Å². The average molecular weight is 528 g/mol. The summed E-state index contributed by atoms with van der Waals surface area (Å²) >= 11 is 0. The van der Waals surface area contributed by atoms with Crippen LogP contribution in [-0.4, -0.2) is 33.2 Å². The van der Waals surface area contributed by atoms with Crippen molar-refractivity contribution >= 4 is 41.0 Å². The third kappa shape index (κ3) is 6.33. The lowest BCUT2D eigenvalue weighted by atomic mass is 10.1. The maximum Gasteiger partial charge on any atom is 0.191 e. The van der Waals surface area contributed by atoms with Crippen LogP contribution in [0.5, 0.6) is 0 Å². The van der Waals surface area contributed by atoms with Gasteiger partial charge in [-0.3, -0.25) is 0 Å². The monoisotopic (exact) mass is 528 g/mol. The van der Waals surface area contributed by atoms with E-state index in [1.807, 2.05) is 30.6 Å². The largest absolute Gasteiger partial charge is 0.357 e. The molecule has 6 nitrogen and oxygen atoms in total. The summed E-state index contributed by atoms with van der Waals surface area (Å²) in [7, 11) is 0. The van der Waals surface area contributed by atoms with Gasteiger partial charge in [-0.2, -0.15) is 0 Å². The van der Waals surface area contributed by atoms with E-state index in [2.05, 4.69) is 80.5 Å². The molecule has 2 heterocycles. The molecule has 162 valence electrons. The maximum absolute atomic E-state index is 4.72. The second kappa shape index (κ2) is 11.5. The van der Waals surface area contributed by atoms with Crippen molar-refractivity contribution in [2.75, 3.05) is 13.1 Å². The summed E-state index contributed by atoms with van der Waals surface area (Å²) in [6.45, 7) is 6.12. The summed E-state index contributed by atoms with van der Waals surface area (Å²) in [6, 6.07) is 21.0. The van der Waals surface area contributed by atoms with Gasteiger partial charge in [0.1, 0.15) is 0 Å². The Labute approximate surface area is 200 Å². The minimum atomic E-state index is 0. The highest BCUT2D eigenvalue weighted by Gasteiger charge is 2.03. The number of hydrogen-bond acceptors (Lipinski definition) is 2. The van der Waals surface area contributed by atoms with Gasteiger partial charge in [-0.25, -0.2) is 9.98 Å². The molecule has 0 aliphatic carbocycles. The van der Waals surface area contributed by atoms with E-state index in [1.165, 1.54) is 11.1 Å². The van der Waals surface area contributed by atoms with Crippen molar-refractivity contribution < 1.29 is 0 Å². The van der Waals surface area contributed by atoms with Crippen LogP contribution < -0.4 is 10.6 Å². The molecule has 0 saturated carbocycles. The first-order valence-corrected chi connectivity index (χ1v) is 10.4. The van der Waals surface area contributed by atoms with Gasteiger partial charge in [-0.05, 0) is 42.3 Å². The summed E-state index contributed by atoms with van der Waals surface area (Å²) in [5.41, 5.74) is 4.63. The van der Waals surface area contributed by atoms with E-state index < -0.39 is 0 Å². The van der Waals surface area contributed by atoms with Gasteiger partial charge in [0.25, 0.3) is 0 Å². The topological polar surface area (TPSA) is 59.2 Å². The van der Waals surface area contributed by atoms with E-state index in [1.54, 1.807) is 0 Å². The number of rotatable bonds is 8. The molecular formula is C24H29IN6. The number of nitrogens with one attached hydrogen (secondary N) is 2. The Balaban J connectivity index is 0.00000272. The first-order valence-electron chi connectivity index (χ1n) is 10.4. The third-order valence-electron chi connectivity index (χ3n) is 5.00. The molecule has 4 aromatic rings. The first-order chi connectivity index (χ1) is 14.8. The predicted molar refractivity (Wildman–Crippen MR) is 138 cm³/mol. The minimum absolute atomic E-state index is 0. The zero-order valence-electron chi connectivity index (χ0n) is 17.7. The van der Waals surface area contributed by atoms with Crippen molar-refractivity contribution in [2.45, 2.75) is 26.6 Å². The van der Waals surface area contributed by atoms with E-state index in [9.17, 15) is 0 Å². The molecule has 0 bridgehead atoms.